The summed E-state index contributed by atoms with van der Waals surface area (Å²) in [4.78, 5) is 15.3. The fourth-order valence-electron chi connectivity index (χ4n) is 4.60. The second-order valence-corrected chi connectivity index (χ2v) is 8.05. The standard InChI is InChI=1S/C22H26FN2O/c1-4-25(3)12-11-21-19(14-25)18-13-15(2)5-10-20(18)24(21)22(26)16-6-8-17(23)9-7-16/h5-10,13,19,21H,4,11-12,14H2,1-3H3/q+1/t19-,21-,25-/m1/s1. The van der Waals surface area contributed by atoms with E-state index in [-0.39, 0.29) is 17.8 Å². The molecule has 2 aliphatic rings. The molecule has 0 N–H and O–H groups in total. The Morgan fingerprint density at radius 2 is 1.96 bits per heavy atom. The molecule has 1 fully saturated rings. The highest BCUT2D eigenvalue weighted by Gasteiger charge is 2.48. The first-order valence-corrected chi connectivity index (χ1v) is 9.45. The van der Waals surface area contributed by atoms with Gasteiger partial charge >= 0.3 is 0 Å². The van der Waals surface area contributed by atoms with Crippen molar-refractivity contribution in [3.63, 3.8) is 0 Å². The molecule has 2 aromatic rings. The van der Waals surface area contributed by atoms with Crippen molar-refractivity contribution >= 4 is 11.6 Å². The minimum Gasteiger partial charge on any atom is -0.326 e. The van der Waals surface area contributed by atoms with Crippen LogP contribution < -0.4 is 4.90 Å². The lowest BCUT2D eigenvalue weighted by atomic mass is 9.87. The maximum Gasteiger partial charge on any atom is 0.258 e. The van der Waals surface area contributed by atoms with E-state index in [9.17, 15) is 9.18 Å². The van der Waals surface area contributed by atoms with Gasteiger partial charge in [0.25, 0.3) is 5.91 Å². The number of nitrogens with zero attached hydrogens (tertiary/aromatic N) is 2. The quantitative estimate of drug-likeness (QED) is 0.744. The first-order chi connectivity index (χ1) is 12.4. The molecule has 1 amide bonds. The molecule has 0 saturated carbocycles. The lowest BCUT2D eigenvalue weighted by Gasteiger charge is -2.43. The van der Waals surface area contributed by atoms with Crippen LogP contribution in [0.25, 0.3) is 0 Å². The topological polar surface area (TPSA) is 20.3 Å². The molecule has 2 aliphatic heterocycles. The van der Waals surface area contributed by atoms with Crippen molar-refractivity contribution in [1.82, 2.24) is 0 Å². The van der Waals surface area contributed by atoms with E-state index in [1.54, 1.807) is 12.1 Å². The number of piperidine rings is 1. The van der Waals surface area contributed by atoms with Gasteiger partial charge in [-0.15, -0.1) is 0 Å². The average molecular weight is 353 g/mol. The van der Waals surface area contributed by atoms with Crippen LogP contribution in [0, 0.1) is 12.7 Å². The van der Waals surface area contributed by atoms with E-state index in [1.165, 1.54) is 23.3 Å². The number of carbonyl (C=O) groups excluding carboxylic acids is 1. The molecule has 136 valence electrons. The molecule has 2 heterocycles. The lowest BCUT2D eigenvalue weighted by Crippen LogP contribution is -2.56. The van der Waals surface area contributed by atoms with E-state index in [0.29, 0.717) is 11.5 Å². The number of amides is 1. The summed E-state index contributed by atoms with van der Waals surface area (Å²) in [5.74, 6) is 0.0359. The van der Waals surface area contributed by atoms with Crippen molar-refractivity contribution in [2.24, 2.45) is 0 Å². The summed E-state index contributed by atoms with van der Waals surface area (Å²) in [6.45, 7) is 7.60. The van der Waals surface area contributed by atoms with Crippen LogP contribution in [-0.4, -0.2) is 43.1 Å². The number of aryl methyl sites for hydroxylation is 1. The van der Waals surface area contributed by atoms with Gasteiger partial charge in [-0.1, -0.05) is 17.7 Å². The van der Waals surface area contributed by atoms with Crippen LogP contribution in [0.1, 0.15) is 40.7 Å². The van der Waals surface area contributed by atoms with Crippen molar-refractivity contribution in [3.05, 3.63) is 65.0 Å². The molecular weight excluding hydrogens is 327 g/mol. The minimum atomic E-state index is -0.314. The highest BCUT2D eigenvalue weighted by molar-refractivity contribution is 6.08. The van der Waals surface area contributed by atoms with Crippen LogP contribution in [0.4, 0.5) is 10.1 Å². The van der Waals surface area contributed by atoms with Crippen LogP contribution >= 0.6 is 0 Å². The summed E-state index contributed by atoms with van der Waals surface area (Å²) in [7, 11) is 2.32. The van der Waals surface area contributed by atoms with Crippen molar-refractivity contribution in [2.75, 3.05) is 31.6 Å². The molecule has 0 aromatic heterocycles. The van der Waals surface area contributed by atoms with Gasteiger partial charge in [-0.25, -0.2) is 4.39 Å². The van der Waals surface area contributed by atoms with Crippen LogP contribution in [0.15, 0.2) is 42.5 Å². The molecule has 4 heteroatoms. The summed E-state index contributed by atoms with van der Waals surface area (Å²) in [6.07, 6.45) is 0.996. The number of carbonyl (C=O) groups is 1. The number of hydrogen-bond donors (Lipinski definition) is 0. The molecule has 26 heavy (non-hydrogen) atoms. The number of likely N-dealkylation sites (tertiary alicyclic amines) is 1. The summed E-state index contributed by atoms with van der Waals surface area (Å²) >= 11 is 0. The smallest absolute Gasteiger partial charge is 0.258 e. The monoisotopic (exact) mass is 353 g/mol. The first kappa shape index (κ1) is 17.2. The van der Waals surface area contributed by atoms with Gasteiger partial charge < -0.3 is 9.38 Å². The minimum absolute atomic E-state index is 0.0183. The molecule has 0 radical (unpaired) electrons. The van der Waals surface area contributed by atoms with E-state index < -0.39 is 0 Å². The summed E-state index contributed by atoms with van der Waals surface area (Å²) < 4.78 is 14.3. The maximum absolute atomic E-state index is 13.3. The Bertz CT molecular complexity index is 848. The van der Waals surface area contributed by atoms with E-state index in [2.05, 4.69) is 39.1 Å². The Kier molecular flexibility index (Phi) is 4.11. The van der Waals surface area contributed by atoms with E-state index >= 15 is 0 Å². The summed E-state index contributed by atoms with van der Waals surface area (Å²) in [5, 5.41) is 0. The van der Waals surface area contributed by atoms with E-state index in [4.69, 9.17) is 0 Å². The molecule has 0 spiro atoms. The fourth-order valence-corrected chi connectivity index (χ4v) is 4.60. The number of anilines is 1. The van der Waals surface area contributed by atoms with Gasteiger partial charge in [0.2, 0.25) is 0 Å². The highest BCUT2D eigenvalue weighted by Crippen LogP contribution is 2.46. The van der Waals surface area contributed by atoms with Gasteiger partial charge in [-0.3, -0.25) is 4.79 Å². The molecule has 0 aliphatic carbocycles. The fraction of sp³-hybridized carbons (Fsp3) is 0.409. The Morgan fingerprint density at radius 1 is 1.23 bits per heavy atom. The number of likely N-dealkylation sites (N-methyl/N-ethyl adjacent to an activating group) is 1. The van der Waals surface area contributed by atoms with E-state index in [1.807, 2.05) is 4.90 Å². The SMILES string of the molecule is CC[N@+]1(C)CC[C@@H]2[C@H](C1)c1cc(C)ccc1N2C(=O)c1ccc(F)cc1. The number of benzene rings is 2. The van der Waals surface area contributed by atoms with Gasteiger partial charge in [0, 0.05) is 17.7 Å². The Morgan fingerprint density at radius 3 is 2.65 bits per heavy atom. The second kappa shape index (κ2) is 6.20. The third-order valence-electron chi connectivity index (χ3n) is 6.31. The third kappa shape index (κ3) is 2.73. The third-order valence-corrected chi connectivity index (χ3v) is 6.31. The summed E-state index contributed by atoms with van der Waals surface area (Å²) in [6, 6.07) is 12.5. The number of rotatable bonds is 2. The molecule has 1 saturated heterocycles. The van der Waals surface area contributed by atoms with Gasteiger partial charge in [0.1, 0.15) is 5.82 Å². The summed E-state index contributed by atoms with van der Waals surface area (Å²) in [5.41, 5.74) is 4.11. The van der Waals surface area contributed by atoms with Crippen LogP contribution in [0.5, 0.6) is 0 Å². The second-order valence-electron chi connectivity index (χ2n) is 8.05. The number of halogens is 1. The molecule has 3 nitrogen and oxygen atoms in total. The van der Waals surface area contributed by atoms with Crippen LogP contribution in [0.2, 0.25) is 0 Å². The van der Waals surface area contributed by atoms with Crippen LogP contribution in [0.3, 0.4) is 0 Å². The van der Waals surface area contributed by atoms with Crippen LogP contribution in [-0.2, 0) is 0 Å². The first-order valence-electron chi connectivity index (χ1n) is 9.45. The van der Waals surface area contributed by atoms with Crippen molar-refractivity contribution < 1.29 is 13.7 Å². The maximum atomic E-state index is 13.3. The van der Waals surface area contributed by atoms with Gasteiger partial charge in [0.05, 0.1) is 38.6 Å². The Balaban J connectivity index is 1.76. The Hall–Kier alpha value is -2.20. The van der Waals surface area contributed by atoms with E-state index in [0.717, 1.165) is 36.2 Å². The largest absolute Gasteiger partial charge is 0.326 e. The van der Waals surface area contributed by atoms with Gasteiger partial charge in [0.15, 0.2) is 0 Å². The van der Waals surface area contributed by atoms with Crippen molar-refractivity contribution in [1.29, 1.82) is 0 Å². The zero-order valence-electron chi connectivity index (χ0n) is 15.7. The molecule has 3 atom stereocenters. The van der Waals surface area contributed by atoms with Crippen molar-refractivity contribution in [2.45, 2.75) is 32.2 Å². The Labute approximate surface area is 154 Å². The average Bonchev–Trinajstić information content (AvgIpc) is 2.94. The molecule has 2 aromatic carbocycles. The lowest BCUT2D eigenvalue weighted by molar-refractivity contribution is -0.913. The predicted octanol–water partition coefficient (Wildman–Crippen LogP) is 4.12. The van der Waals surface area contributed by atoms with Gasteiger partial charge in [-0.05, 0) is 49.7 Å². The number of hydrogen-bond acceptors (Lipinski definition) is 1. The zero-order chi connectivity index (χ0) is 18.5. The zero-order valence-corrected chi connectivity index (χ0v) is 15.7. The molecular formula is C22H26FN2O+. The number of quaternary nitrogens is 1. The predicted molar refractivity (Wildman–Crippen MR) is 102 cm³/mol. The molecule has 0 unspecified atom stereocenters. The molecule has 4 rings (SSSR count). The number of fused-ring (bicyclic) bond motifs is 3. The van der Waals surface area contributed by atoms with Gasteiger partial charge in [-0.2, -0.15) is 0 Å². The highest BCUT2D eigenvalue weighted by atomic mass is 19.1. The van der Waals surface area contributed by atoms with Crippen molar-refractivity contribution in [3.8, 4) is 0 Å². The molecule has 0 bridgehead atoms. The normalized spacial score (nSPS) is 27.2.